The lowest BCUT2D eigenvalue weighted by atomic mass is 9.81. The molecule has 1 aromatic rings. The third kappa shape index (κ3) is 4.19. The van der Waals surface area contributed by atoms with Crippen LogP contribution in [0.3, 0.4) is 0 Å². The summed E-state index contributed by atoms with van der Waals surface area (Å²) in [6, 6.07) is 0. The molecule has 2 saturated heterocycles. The Balaban J connectivity index is 1.61. The van der Waals surface area contributed by atoms with E-state index in [0.29, 0.717) is 12.5 Å². The maximum Gasteiger partial charge on any atom is 0.498 e. The highest BCUT2D eigenvalue weighted by atomic mass is 16.7. The maximum atomic E-state index is 6.07. The minimum atomic E-state index is -0.413. The molecule has 0 amide bonds. The van der Waals surface area contributed by atoms with Gasteiger partial charge in [0, 0.05) is 44.0 Å². The number of piperidine rings is 1. The van der Waals surface area contributed by atoms with Gasteiger partial charge in [-0.15, -0.1) is 0 Å². The van der Waals surface area contributed by atoms with Gasteiger partial charge in [-0.05, 0) is 53.0 Å². The normalized spacial score (nSPS) is 24.9. The van der Waals surface area contributed by atoms with Crippen molar-refractivity contribution >= 4 is 18.5 Å². The van der Waals surface area contributed by atoms with Crippen molar-refractivity contribution in [2.45, 2.75) is 51.7 Å². The molecule has 8 heteroatoms. The average molecular weight is 361 g/mol. The first kappa shape index (κ1) is 19.5. The topological polar surface area (TPSA) is 85.5 Å². The zero-order chi connectivity index (χ0) is 18.8. The number of aromatic nitrogens is 2. The van der Waals surface area contributed by atoms with Gasteiger partial charge >= 0.3 is 7.12 Å². The predicted octanol–water partition coefficient (Wildman–Crippen LogP) is 0.541. The molecule has 7 nitrogen and oxygen atoms in total. The highest BCUT2D eigenvalue weighted by Gasteiger charge is 2.52. The zero-order valence-corrected chi connectivity index (χ0v) is 16.5. The van der Waals surface area contributed by atoms with E-state index in [1.165, 1.54) is 6.42 Å². The van der Waals surface area contributed by atoms with Crippen LogP contribution in [0.2, 0.25) is 0 Å². The van der Waals surface area contributed by atoms with Crippen LogP contribution < -0.4 is 21.4 Å². The van der Waals surface area contributed by atoms with Gasteiger partial charge in [-0.25, -0.2) is 9.97 Å². The van der Waals surface area contributed by atoms with Crippen LogP contribution >= 0.6 is 0 Å². The molecule has 0 aromatic carbocycles. The third-order valence-corrected chi connectivity index (χ3v) is 5.74. The summed E-state index contributed by atoms with van der Waals surface area (Å²) in [5.74, 6) is 1.40. The van der Waals surface area contributed by atoms with E-state index in [1.54, 1.807) is 0 Å². The monoisotopic (exact) mass is 361 g/mol. The molecule has 0 bridgehead atoms. The highest BCUT2D eigenvalue weighted by molar-refractivity contribution is 6.61. The van der Waals surface area contributed by atoms with Gasteiger partial charge in [0.05, 0.1) is 11.2 Å². The minimum Gasteiger partial charge on any atom is -0.399 e. The largest absolute Gasteiger partial charge is 0.498 e. The number of hydrogen-bond donors (Lipinski definition) is 2. The van der Waals surface area contributed by atoms with E-state index < -0.39 is 7.12 Å². The molecule has 144 valence electrons. The second-order valence-corrected chi connectivity index (χ2v) is 8.35. The predicted molar refractivity (Wildman–Crippen MR) is 105 cm³/mol. The van der Waals surface area contributed by atoms with Crippen LogP contribution in [0, 0.1) is 5.92 Å². The summed E-state index contributed by atoms with van der Waals surface area (Å²) in [4.78, 5) is 11.4. The molecule has 3 heterocycles. The molecule has 2 aliphatic heterocycles. The molecule has 0 radical (unpaired) electrons. The van der Waals surface area contributed by atoms with Crippen molar-refractivity contribution in [2.24, 2.45) is 11.7 Å². The Labute approximate surface area is 157 Å². The standard InChI is InChI=1S/C18H32BN5O2/c1-17(2)18(3,4)26-19(25-17)15-11-22-16(23-12-15)24-9-5-6-14(13-24)10-21-8-7-20/h11-12,14,21H,5-10,13,20H2,1-4H3/t14-/m0/s1. The molecule has 26 heavy (non-hydrogen) atoms. The van der Waals surface area contributed by atoms with Crippen LogP contribution in [0.25, 0.3) is 0 Å². The van der Waals surface area contributed by atoms with Crippen LogP contribution in [0.5, 0.6) is 0 Å². The molecule has 0 spiro atoms. The molecule has 3 rings (SSSR count). The van der Waals surface area contributed by atoms with E-state index in [2.05, 4.69) is 47.9 Å². The smallest absolute Gasteiger partial charge is 0.399 e. The fourth-order valence-corrected chi connectivity index (χ4v) is 3.42. The van der Waals surface area contributed by atoms with Crippen LogP contribution in [-0.4, -0.2) is 61.0 Å². The molecule has 3 N–H and O–H groups in total. The third-order valence-electron chi connectivity index (χ3n) is 5.74. The second-order valence-electron chi connectivity index (χ2n) is 8.35. The van der Waals surface area contributed by atoms with Crippen LogP contribution in [0.4, 0.5) is 5.95 Å². The van der Waals surface area contributed by atoms with E-state index in [0.717, 1.165) is 44.0 Å². The first-order valence-electron chi connectivity index (χ1n) is 9.66. The zero-order valence-electron chi connectivity index (χ0n) is 16.5. The first-order chi connectivity index (χ1) is 12.3. The number of rotatable bonds is 6. The number of anilines is 1. The van der Waals surface area contributed by atoms with E-state index in [9.17, 15) is 0 Å². The van der Waals surface area contributed by atoms with Crippen molar-refractivity contribution in [1.29, 1.82) is 0 Å². The molecule has 1 aromatic heterocycles. The van der Waals surface area contributed by atoms with Crippen molar-refractivity contribution in [3.63, 3.8) is 0 Å². The van der Waals surface area contributed by atoms with Crippen molar-refractivity contribution in [3.05, 3.63) is 12.4 Å². The van der Waals surface area contributed by atoms with Gasteiger partial charge in [0.15, 0.2) is 0 Å². The Morgan fingerprint density at radius 3 is 2.50 bits per heavy atom. The molecule has 1 atom stereocenters. The molecule has 0 saturated carbocycles. The van der Waals surface area contributed by atoms with Crippen molar-refractivity contribution in [3.8, 4) is 0 Å². The van der Waals surface area contributed by atoms with Crippen molar-refractivity contribution < 1.29 is 9.31 Å². The lowest BCUT2D eigenvalue weighted by Crippen LogP contribution is -2.42. The summed E-state index contributed by atoms with van der Waals surface area (Å²) < 4.78 is 12.1. The minimum absolute atomic E-state index is 0.354. The van der Waals surface area contributed by atoms with Gasteiger partial charge < -0.3 is 25.3 Å². The Morgan fingerprint density at radius 2 is 1.88 bits per heavy atom. The summed E-state index contributed by atoms with van der Waals surface area (Å²) in [5, 5.41) is 3.41. The SMILES string of the molecule is CC1(C)OB(c2cnc(N3CCC[C@@H](CNCCN)C3)nc2)OC1(C)C. The van der Waals surface area contributed by atoms with Gasteiger partial charge in [-0.3, -0.25) is 0 Å². The molecule has 2 fully saturated rings. The number of hydrogen-bond acceptors (Lipinski definition) is 7. The van der Waals surface area contributed by atoms with Gasteiger partial charge in [0.1, 0.15) is 0 Å². The fourth-order valence-electron chi connectivity index (χ4n) is 3.42. The number of nitrogens with one attached hydrogen (secondary N) is 1. The molecular formula is C18H32BN5O2. The van der Waals surface area contributed by atoms with E-state index in [-0.39, 0.29) is 11.2 Å². The molecule has 0 aliphatic carbocycles. The molecule has 2 aliphatic rings. The summed E-state index contributed by atoms with van der Waals surface area (Å²) in [6.07, 6.45) is 6.07. The Kier molecular flexibility index (Phi) is 5.86. The van der Waals surface area contributed by atoms with Gasteiger partial charge in [-0.2, -0.15) is 0 Å². The Bertz CT molecular complexity index is 580. The van der Waals surface area contributed by atoms with Crippen LogP contribution in [-0.2, 0) is 9.31 Å². The first-order valence-corrected chi connectivity index (χ1v) is 9.66. The summed E-state index contributed by atoms with van der Waals surface area (Å²) in [6.45, 7) is 12.7. The van der Waals surface area contributed by atoms with Crippen LogP contribution in [0.1, 0.15) is 40.5 Å². The lowest BCUT2D eigenvalue weighted by molar-refractivity contribution is 0.00578. The van der Waals surface area contributed by atoms with Crippen molar-refractivity contribution in [1.82, 2.24) is 15.3 Å². The van der Waals surface area contributed by atoms with E-state index in [1.807, 2.05) is 12.4 Å². The van der Waals surface area contributed by atoms with Gasteiger partial charge in [0.25, 0.3) is 0 Å². The molecular weight excluding hydrogens is 329 g/mol. The average Bonchev–Trinajstić information content (AvgIpc) is 2.83. The molecule has 0 unspecified atom stereocenters. The summed E-state index contributed by atoms with van der Waals surface area (Å²) in [5.41, 5.74) is 5.71. The Hall–Kier alpha value is -1.22. The Morgan fingerprint density at radius 1 is 1.23 bits per heavy atom. The van der Waals surface area contributed by atoms with Crippen LogP contribution in [0.15, 0.2) is 12.4 Å². The van der Waals surface area contributed by atoms with E-state index in [4.69, 9.17) is 15.0 Å². The fraction of sp³-hybridized carbons (Fsp3) is 0.778. The number of nitrogens with zero attached hydrogens (tertiary/aromatic N) is 3. The van der Waals surface area contributed by atoms with E-state index >= 15 is 0 Å². The lowest BCUT2D eigenvalue weighted by Gasteiger charge is -2.33. The number of nitrogens with two attached hydrogens (primary N) is 1. The van der Waals surface area contributed by atoms with Crippen molar-refractivity contribution in [2.75, 3.05) is 37.6 Å². The summed E-state index contributed by atoms with van der Waals surface area (Å²) >= 11 is 0. The second kappa shape index (κ2) is 7.80. The van der Waals surface area contributed by atoms with Gasteiger partial charge in [0.2, 0.25) is 5.95 Å². The van der Waals surface area contributed by atoms with Gasteiger partial charge in [-0.1, -0.05) is 0 Å². The quantitative estimate of drug-likeness (QED) is 0.565. The highest BCUT2D eigenvalue weighted by Crippen LogP contribution is 2.36. The maximum absolute atomic E-state index is 6.07. The summed E-state index contributed by atoms with van der Waals surface area (Å²) in [7, 11) is -0.413.